The van der Waals surface area contributed by atoms with Crippen LogP contribution in [-0.4, -0.2) is 23.3 Å². The van der Waals surface area contributed by atoms with Crippen LogP contribution >= 0.6 is 34.8 Å². The molecule has 2 rings (SSSR count). The van der Waals surface area contributed by atoms with E-state index in [2.05, 4.69) is 15.6 Å². The third-order valence-electron chi connectivity index (χ3n) is 2.98. The summed E-state index contributed by atoms with van der Waals surface area (Å²) in [7, 11) is 0. The van der Waals surface area contributed by atoms with Crippen molar-refractivity contribution >= 4 is 52.3 Å². The smallest absolute Gasteiger partial charge is 0.272 e. The first-order valence-corrected chi connectivity index (χ1v) is 7.99. The number of anilines is 1. The fourth-order valence-corrected chi connectivity index (χ4v) is 2.41. The number of hydrogen-bond acceptors (Lipinski definition) is 2. The van der Waals surface area contributed by atoms with Gasteiger partial charge in [-0.05, 0) is 30.7 Å². The number of rotatable bonds is 5. The fourth-order valence-electron chi connectivity index (χ4n) is 1.84. The van der Waals surface area contributed by atoms with Gasteiger partial charge in [0.25, 0.3) is 11.8 Å². The summed E-state index contributed by atoms with van der Waals surface area (Å²) in [6.07, 6.45) is 0.832. The maximum absolute atomic E-state index is 12.1. The van der Waals surface area contributed by atoms with Gasteiger partial charge in [-0.2, -0.15) is 0 Å². The number of hydrogen-bond donors (Lipinski definition) is 3. The van der Waals surface area contributed by atoms with Gasteiger partial charge in [0.1, 0.15) is 10.8 Å². The van der Waals surface area contributed by atoms with Gasteiger partial charge in [-0.3, -0.25) is 9.59 Å². The molecule has 122 valence electrons. The van der Waals surface area contributed by atoms with Crippen LogP contribution in [0.25, 0.3) is 0 Å². The lowest BCUT2D eigenvalue weighted by atomic mass is 10.2. The molecular weight excluding hydrogens is 361 g/mol. The topological polar surface area (TPSA) is 74.0 Å². The van der Waals surface area contributed by atoms with Crippen molar-refractivity contribution in [3.63, 3.8) is 0 Å². The molecule has 8 heteroatoms. The van der Waals surface area contributed by atoms with Gasteiger partial charge in [-0.1, -0.05) is 41.7 Å². The fraction of sp³-hybridized carbons (Fsp3) is 0.200. The van der Waals surface area contributed by atoms with E-state index in [0.29, 0.717) is 17.8 Å². The number of nitrogens with one attached hydrogen (secondary N) is 3. The second-order valence-corrected chi connectivity index (χ2v) is 5.94. The van der Waals surface area contributed by atoms with Gasteiger partial charge in [-0.15, -0.1) is 0 Å². The van der Waals surface area contributed by atoms with E-state index in [0.717, 1.165) is 6.42 Å². The number of H-pyrrole nitrogens is 1. The summed E-state index contributed by atoms with van der Waals surface area (Å²) in [6, 6.07) is 6.08. The third-order valence-corrected chi connectivity index (χ3v) is 3.98. The van der Waals surface area contributed by atoms with E-state index in [1.165, 1.54) is 12.1 Å². The quantitative estimate of drug-likeness (QED) is 0.727. The zero-order valence-electron chi connectivity index (χ0n) is 12.2. The highest BCUT2D eigenvalue weighted by Crippen LogP contribution is 2.24. The molecule has 2 aromatic rings. The predicted octanol–water partition coefficient (Wildman–Crippen LogP) is 4.37. The lowest BCUT2D eigenvalue weighted by Crippen LogP contribution is -2.24. The van der Waals surface area contributed by atoms with Gasteiger partial charge >= 0.3 is 0 Å². The van der Waals surface area contributed by atoms with E-state index in [-0.39, 0.29) is 26.8 Å². The minimum atomic E-state index is -0.418. The van der Waals surface area contributed by atoms with Gasteiger partial charge in [0.2, 0.25) is 0 Å². The van der Waals surface area contributed by atoms with Gasteiger partial charge in [-0.25, -0.2) is 0 Å². The summed E-state index contributed by atoms with van der Waals surface area (Å²) >= 11 is 17.7. The Morgan fingerprint density at radius 2 is 1.83 bits per heavy atom. The highest BCUT2D eigenvalue weighted by molar-refractivity contribution is 6.41. The number of aromatic nitrogens is 1. The van der Waals surface area contributed by atoms with Crippen LogP contribution in [0, 0.1) is 0 Å². The van der Waals surface area contributed by atoms with Gasteiger partial charge < -0.3 is 15.6 Å². The van der Waals surface area contributed by atoms with Crippen molar-refractivity contribution in [1.29, 1.82) is 0 Å². The van der Waals surface area contributed by atoms with Crippen LogP contribution in [-0.2, 0) is 0 Å². The number of amides is 2. The Bertz CT molecular complexity index is 724. The maximum atomic E-state index is 12.1. The normalized spacial score (nSPS) is 10.4. The molecule has 23 heavy (non-hydrogen) atoms. The number of carbonyl (C=O) groups is 2. The van der Waals surface area contributed by atoms with E-state index >= 15 is 0 Å². The minimum Gasteiger partial charge on any atom is -0.352 e. The summed E-state index contributed by atoms with van der Waals surface area (Å²) < 4.78 is 0. The lowest BCUT2D eigenvalue weighted by molar-refractivity contribution is 0.0953. The standard InChI is InChI=1S/C15H14Cl3N3O2/c1-2-5-19-14(22)9-4-3-8(6-10(9)16)20-15(23)12-7-11(17)13(18)21-12/h3-4,6-7,21H,2,5H2,1H3,(H,19,22)(H,20,23). The van der Waals surface area contributed by atoms with E-state index in [1.807, 2.05) is 6.92 Å². The third kappa shape index (κ3) is 4.41. The predicted molar refractivity (Wildman–Crippen MR) is 92.8 cm³/mol. The second-order valence-electron chi connectivity index (χ2n) is 4.75. The van der Waals surface area contributed by atoms with E-state index in [4.69, 9.17) is 34.8 Å². The first-order valence-electron chi connectivity index (χ1n) is 6.85. The van der Waals surface area contributed by atoms with Gasteiger partial charge in [0.05, 0.1) is 15.6 Å². The van der Waals surface area contributed by atoms with Crippen molar-refractivity contribution in [1.82, 2.24) is 10.3 Å². The molecule has 3 N–H and O–H groups in total. The number of benzene rings is 1. The van der Waals surface area contributed by atoms with Crippen LogP contribution in [0.4, 0.5) is 5.69 Å². The minimum absolute atomic E-state index is 0.192. The molecule has 0 saturated carbocycles. The Balaban J connectivity index is 2.11. The monoisotopic (exact) mass is 373 g/mol. The van der Waals surface area contributed by atoms with E-state index in [1.54, 1.807) is 12.1 Å². The number of halogens is 3. The molecule has 0 atom stereocenters. The lowest BCUT2D eigenvalue weighted by Gasteiger charge is -2.08. The Hall–Kier alpha value is -1.69. The average molecular weight is 375 g/mol. The van der Waals surface area contributed by atoms with Crippen molar-refractivity contribution < 1.29 is 9.59 Å². The average Bonchev–Trinajstić information content (AvgIpc) is 2.84. The molecule has 5 nitrogen and oxygen atoms in total. The molecule has 1 aromatic carbocycles. The molecule has 0 aliphatic rings. The highest BCUT2D eigenvalue weighted by Gasteiger charge is 2.14. The van der Waals surface area contributed by atoms with E-state index < -0.39 is 5.91 Å². The number of carbonyl (C=O) groups excluding carboxylic acids is 2. The SMILES string of the molecule is CCCNC(=O)c1ccc(NC(=O)c2cc(Cl)c(Cl)[nH]2)cc1Cl. The van der Waals surface area contributed by atoms with Crippen molar-refractivity contribution in [2.75, 3.05) is 11.9 Å². The Morgan fingerprint density at radius 1 is 1.09 bits per heavy atom. The summed E-state index contributed by atoms with van der Waals surface area (Å²) in [4.78, 5) is 26.6. The molecule has 0 aliphatic heterocycles. The molecule has 0 aliphatic carbocycles. The summed E-state index contributed by atoms with van der Waals surface area (Å²) in [5.74, 6) is -0.671. The van der Waals surface area contributed by atoms with Crippen LogP contribution in [0.1, 0.15) is 34.2 Å². The molecule has 2 amide bonds. The van der Waals surface area contributed by atoms with Crippen LogP contribution in [0.2, 0.25) is 15.2 Å². The highest BCUT2D eigenvalue weighted by atomic mass is 35.5. The van der Waals surface area contributed by atoms with Crippen molar-refractivity contribution in [2.45, 2.75) is 13.3 Å². The molecular formula is C15H14Cl3N3O2. The first-order chi connectivity index (χ1) is 10.9. The van der Waals surface area contributed by atoms with Crippen LogP contribution < -0.4 is 10.6 Å². The van der Waals surface area contributed by atoms with Crippen LogP contribution in [0.15, 0.2) is 24.3 Å². The Labute approximate surface area is 148 Å². The Morgan fingerprint density at radius 3 is 2.39 bits per heavy atom. The zero-order chi connectivity index (χ0) is 17.0. The zero-order valence-corrected chi connectivity index (χ0v) is 14.4. The van der Waals surface area contributed by atoms with Crippen molar-refractivity contribution in [3.8, 4) is 0 Å². The molecule has 0 unspecified atom stereocenters. The molecule has 0 bridgehead atoms. The first kappa shape index (κ1) is 17.7. The molecule has 0 saturated heterocycles. The molecule has 1 heterocycles. The summed E-state index contributed by atoms with van der Waals surface area (Å²) in [5.41, 5.74) is 1.03. The summed E-state index contributed by atoms with van der Waals surface area (Å²) in [5, 5.41) is 6.09. The Kier molecular flexibility index (Phi) is 5.93. The number of aromatic amines is 1. The van der Waals surface area contributed by atoms with Crippen LogP contribution in [0.3, 0.4) is 0 Å². The van der Waals surface area contributed by atoms with Crippen LogP contribution in [0.5, 0.6) is 0 Å². The second kappa shape index (κ2) is 7.73. The summed E-state index contributed by atoms with van der Waals surface area (Å²) in [6.45, 7) is 2.53. The van der Waals surface area contributed by atoms with E-state index in [9.17, 15) is 9.59 Å². The maximum Gasteiger partial charge on any atom is 0.272 e. The van der Waals surface area contributed by atoms with Crippen molar-refractivity contribution in [2.24, 2.45) is 0 Å². The molecule has 0 fully saturated rings. The van der Waals surface area contributed by atoms with Crippen molar-refractivity contribution in [3.05, 3.63) is 50.7 Å². The molecule has 0 spiro atoms. The molecule has 1 aromatic heterocycles. The largest absolute Gasteiger partial charge is 0.352 e. The van der Waals surface area contributed by atoms with Gasteiger partial charge in [0.15, 0.2) is 0 Å². The molecule has 0 radical (unpaired) electrons. The van der Waals surface area contributed by atoms with Gasteiger partial charge in [0, 0.05) is 12.2 Å².